The van der Waals surface area contributed by atoms with Gasteiger partial charge in [-0.1, -0.05) is 54.6 Å². The van der Waals surface area contributed by atoms with Gasteiger partial charge in [0.15, 0.2) is 5.43 Å². The number of aryl methyl sites for hydroxylation is 1. The lowest BCUT2D eigenvalue weighted by Crippen LogP contribution is -2.79. The van der Waals surface area contributed by atoms with Crippen molar-refractivity contribution in [1.82, 2.24) is 10.2 Å². The van der Waals surface area contributed by atoms with Crippen LogP contribution in [-0.4, -0.2) is 61.7 Å². The van der Waals surface area contributed by atoms with Crippen LogP contribution in [0.2, 0.25) is 0 Å². The zero-order valence-corrected chi connectivity index (χ0v) is 35.2. The van der Waals surface area contributed by atoms with Gasteiger partial charge in [-0.05, 0) is 89.7 Å². The van der Waals surface area contributed by atoms with Crippen molar-refractivity contribution >= 4 is 41.4 Å². The summed E-state index contributed by atoms with van der Waals surface area (Å²) in [6, 6.07) is 32.6. The molecule has 316 valence electrons. The fourth-order valence-electron chi connectivity index (χ4n) is 7.51. The molecule has 62 heavy (non-hydrogen) atoms. The highest BCUT2D eigenvalue weighted by atomic mass is 32.1. The largest absolute Gasteiger partial charge is 0.497 e. The summed E-state index contributed by atoms with van der Waals surface area (Å²) in [6.07, 6.45) is 2.44. The minimum absolute atomic E-state index is 0.0000873. The van der Waals surface area contributed by atoms with E-state index >= 15 is 0 Å². The van der Waals surface area contributed by atoms with Gasteiger partial charge >= 0.3 is 5.97 Å². The van der Waals surface area contributed by atoms with E-state index in [1.54, 1.807) is 37.4 Å². The first kappa shape index (κ1) is 41.8. The first-order valence-corrected chi connectivity index (χ1v) is 20.1. The van der Waals surface area contributed by atoms with E-state index in [-0.39, 0.29) is 30.8 Å². The maximum absolute atomic E-state index is 13.9. The number of β-lactam (4-membered cyclic amide) rings is 1. The molecule has 1 N–H and O–H groups in total. The Labute approximate surface area is 362 Å². The second-order valence-electron chi connectivity index (χ2n) is 14.7. The maximum atomic E-state index is 13.9. The van der Waals surface area contributed by atoms with E-state index in [2.05, 4.69) is 17.9 Å². The second kappa shape index (κ2) is 17.6. The molecule has 13 nitrogen and oxygen atoms in total. The van der Waals surface area contributed by atoms with Crippen molar-refractivity contribution in [3.63, 3.8) is 0 Å². The van der Waals surface area contributed by atoms with Crippen molar-refractivity contribution in [2.24, 2.45) is 0 Å². The Balaban J connectivity index is 0.979. The van der Waals surface area contributed by atoms with Gasteiger partial charge in [0, 0.05) is 41.3 Å². The first-order chi connectivity index (χ1) is 30.0. The Morgan fingerprint density at radius 3 is 2.24 bits per heavy atom. The average molecular weight is 855 g/mol. The minimum atomic E-state index is -1.84. The summed E-state index contributed by atoms with van der Waals surface area (Å²) >= 11 is 4.64. The number of allylic oxidation sites excluding steroid dienone is 1. The third kappa shape index (κ3) is 8.27. The maximum Gasteiger partial charge on any atom is 0.389 e. The Morgan fingerprint density at radius 2 is 1.56 bits per heavy atom. The molecule has 4 aromatic rings. The zero-order valence-electron chi connectivity index (χ0n) is 34.3. The van der Waals surface area contributed by atoms with Crippen molar-refractivity contribution in [2.75, 3.05) is 27.9 Å². The average Bonchev–Trinajstić information content (AvgIpc) is 4.13. The van der Waals surface area contributed by atoms with Crippen molar-refractivity contribution in [3.8, 4) is 39.7 Å². The van der Waals surface area contributed by atoms with Crippen LogP contribution in [0, 0.1) is 6.92 Å². The van der Waals surface area contributed by atoms with Crippen molar-refractivity contribution in [3.05, 3.63) is 159 Å². The van der Waals surface area contributed by atoms with Crippen LogP contribution in [-0.2, 0) is 41.9 Å². The van der Waals surface area contributed by atoms with Gasteiger partial charge in [-0.15, -0.1) is 12.6 Å². The van der Waals surface area contributed by atoms with Crippen LogP contribution >= 0.6 is 12.6 Å². The Bertz CT molecular complexity index is 2780. The van der Waals surface area contributed by atoms with Gasteiger partial charge in [-0.2, -0.15) is 4.89 Å². The molecular formula is C48H42N2O11S. The number of nitrogens with zero attached hydrogens (tertiary/aromatic N) is 1. The molecule has 0 radical (unpaired) electrons. The fraction of sp³-hybridized carbons (Fsp3) is 0.208. The molecule has 2 heterocycles. The summed E-state index contributed by atoms with van der Waals surface area (Å²) < 4.78 is 29.6. The van der Waals surface area contributed by atoms with Crippen LogP contribution in [0.25, 0.3) is 33.4 Å². The number of ether oxygens (including phenoxy) is 4. The van der Waals surface area contributed by atoms with Gasteiger partial charge in [0.25, 0.3) is 11.6 Å². The van der Waals surface area contributed by atoms with Gasteiger partial charge in [-0.3, -0.25) is 24.2 Å². The predicted molar refractivity (Wildman–Crippen MR) is 233 cm³/mol. The molecule has 2 aliphatic heterocycles. The van der Waals surface area contributed by atoms with Crippen LogP contribution in [0.4, 0.5) is 0 Å². The quantitative estimate of drug-likeness (QED) is 0.0192. The molecule has 0 saturated carbocycles. The van der Waals surface area contributed by atoms with Crippen LogP contribution in [0.15, 0.2) is 141 Å². The SMILES string of the molecule is COOC(=O)/C(=C(\COc1ccc(COc2ccc3c(-c4ccc(OC)cc4C)c4ccc(=O)cc-4oc3c2)cc1)C1=CC1)N1C(=O)[C@](NC(=O)Cc2ccccc2)(OC)[C@H]1S. The summed E-state index contributed by atoms with van der Waals surface area (Å²) in [7, 11) is 4.09. The van der Waals surface area contributed by atoms with Crippen molar-refractivity contribution in [2.45, 2.75) is 37.5 Å². The van der Waals surface area contributed by atoms with E-state index in [1.165, 1.54) is 26.4 Å². The zero-order chi connectivity index (χ0) is 43.5. The molecule has 0 spiro atoms. The second-order valence-corrected chi connectivity index (χ2v) is 15.2. The van der Waals surface area contributed by atoms with Crippen LogP contribution in [0.1, 0.15) is 23.1 Å². The molecule has 2 amide bonds. The highest BCUT2D eigenvalue weighted by Crippen LogP contribution is 2.44. The molecule has 0 bridgehead atoms. The summed E-state index contributed by atoms with van der Waals surface area (Å²) in [5.74, 6) is 0.137. The lowest BCUT2D eigenvalue weighted by Gasteiger charge is -2.52. The number of rotatable bonds is 16. The number of nitrogens with one attached hydrogen (secondary N) is 1. The van der Waals surface area contributed by atoms with Crippen molar-refractivity contribution in [1.29, 1.82) is 0 Å². The molecule has 0 aromatic heterocycles. The number of hydrogen-bond donors (Lipinski definition) is 2. The number of carbonyl (C=O) groups is 3. The number of methoxy groups -OCH3 is 2. The number of amides is 2. The predicted octanol–water partition coefficient (Wildman–Crippen LogP) is 7.33. The van der Waals surface area contributed by atoms with Crippen LogP contribution < -0.4 is 25.0 Å². The minimum Gasteiger partial charge on any atom is -0.497 e. The topological polar surface area (TPSA) is 152 Å². The van der Waals surface area contributed by atoms with Crippen LogP contribution in [0.5, 0.6) is 17.2 Å². The summed E-state index contributed by atoms with van der Waals surface area (Å²) in [5, 5.41) is 2.43. The number of carbonyl (C=O) groups excluding carboxylic acids is 3. The third-order valence-corrected chi connectivity index (χ3v) is 11.3. The van der Waals surface area contributed by atoms with E-state index in [4.69, 9.17) is 33.1 Å². The fourth-order valence-corrected chi connectivity index (χ4v) is 8.01. The smallest absolute Gasteiger partial charge is 0.389 e. The van der Waals surface area contributed by atoms with Gasteiger partial charge in [0.2, 0.25) is 5.91 Å². The number of fused-ring (bicyclic) bond motifs is 2. The molecule has 1 saturated heterocycles. The molecule has 2 atom stereocenters. The van der Waals surface area contributed by atoms with Gasteiger partial charge in [0.1, 0.15) is 52.9 Å². The van der Waals surface area contributed by atoms with Gasteiger partial charge in [0.05, 0.1) is 20.6 Å². The van der Waals surface area contributed by atoms with E-state index in [1.807, 2.05) is 79.7 Å². The molecule has 8 rings (SSSR count). The standard InChI is InChI=1S/C48H42N2O11S/c1-28-22-34(55-2)17-20-36(28)43-37-19-14-32(51)24-40(37)60-41-25-35(18-21-38(41)43)58-26-30-10-15-33(16-11-30)59-27-39(31-12-13-31)44(45(53)61-57-4)50-46(54)48(56-3,47(50)62)49-42(52)23-29-8-6-5-7-9-29/h5-12,14-22,24-25,47,62H,13,23,26-27H2,1-4H3,(H,49,52)/b44-39-/t47-,48+/m1/s1. The molecule has 0 unspecified atom stereocenters. The van der Waals surface area contributed by atoms with E-state index in [0.29, 0.717) is 34.8 Å². The van der Waals surface area contributed by atoms with Gasteiger partial charge in [-0.25, -0.2) is 4.79 Å². The first-order valence-electron chi connectivity index (χ1n) is 19.6. The highest BCUT2D eigenvalue weighted by Gasteiger charge is 2.64. The monoisotopic (exact) mass is 854 g/mol. The van der Waals surface area contributed by atoms with E-state index < -0.39 is 28.9 Å². The summed E-state index contributed by atoms with van der Waals surface area (Å²) in [4.78, 5) is 63.4. The summed E-state index contributed by atoms with van der Waals surface area (Å²) in [5.41, 5.74) is 4.91. The van der Waals surface area contributed by atoms with E-state index in [9.17, 15) is 19.2 Å². The molecule has 1 fully saturated rings. The molecule has 4 aliphatic rings. The van der Waals surface area contributed by atoms with Crippen molar-refractivity contribution < 1.29 is 47.5 Å². The Hall–Kier alpha value is -6.87. The summed E-state index contributed by atoms with van der Waals surface area (Å²) in [6.45, 7) is 2.13. The van der Waals surface area contributed by atoms with Gasteiger partial charge < -0.3 is 28.7 Å². The Kier molecular flexibility index (Phi) is 11.9. The molecule has 14 heteroatoms. The number of likely N-dealkylation sites (tertiary alicyclic amines) is 1. The van der Waals surface area contributed by atoms with E-state index in [0.717, 1.165) is 55.0 Å². The number of hydrogen-bond acceptors (Lipinski definition) is 12. The molecule has 4 aromatic carbocycles. The molecular weight excluding hydrogens is 813 g/mol. The number of thiol groups is 1. The molecule has 2 aliphatic carbocycles. The Morgan fingerprint density at radius 1 is 0.839 bits per heavy atom. The highest BCUT2D eigenvalue weighted by molar-refractivity contribution is 7.81. The lowest BCUT2D eigenvalue weighted by molar-refractivity contribution is -0.253. The lowest BCUT2D eigenvalue weighted by atomic mass is 9.91. The normalized spacial score (nSPS) is 17.2. The van der Waals surface area contributed by atoms with Crippen LogP contribution in [0.3, 0.4) is 0 Å². The third-order valence-electron chi connectivity index (χ3n) is 10.8. The number of benzene rings is 5.